The highest BCUT2D eigenvalue weighted by atomic mass is 16.6. The molecule has 80 heavy (non-hydrogen) atoms. The summed E-state index contributed by atoms with van der Waals surface area (Å²) in [4.78, 5) is 110. The third-order valence-corrected chi connectivity index (χ3v) is 12.3. The van der Waals surface area contributed by atoms with E-state index in [1.165, 1.54) is 24.1 Å². The van der Waals surface area contributed by atoms with Crippen molar-refractivity contribution in [2.45, 2.75) is 109 Å². The molecule has 0 saturated carbocycles. The summed E-state index contributed by atoms with van der Waals surface area (Å²) < 4.78 is 27.9. The van der Waals surface area contributed by atoms with Crippen LogP contribution in [0.3, 0.4) is 0 Å². The standard InChI is InChI=1S/C56H77N11O13/c1-38(68)59-21-9-8-14-46(55(75)80-56(2,3)4)65-54(74)45(13-7-10-22-62-52(72)39-15-18-48(66(5)6)40(32-39)34-57)64-49(69)20-26-76-28-30-78-31-29-77-27-24-61-50(70)37-79-42-16-17-43-44(19-23-60-47(43)33-42)53(73)63-36-51(71)67-25-11-12-41(67)35-58/h15-19,23,32-33,41,45-46H,7-14,20-22,24-31,36-37H2,1-6H3,(H,59,68)(H,61,70)(H,62,72)(H,63,73)(H,64,69)(H,65,74)/t41-,45-,46-/m0/s1. The quantitative estimate of drug-likeness (QED) is 0.0370. The Bertz CT molecular complexity index is 2670. The molecule has 2 aromatic carbocycles. The van der Waals surface area contributed by atoms with Crippen LogP contribution in [0.4, 0.5) is 5.69 Å². The van der Waals surface area contributed by atoms with Crippen molar-refractivity contribution in [1.82, 2.24) is 41.8 Å². The van der Waals surface area contributed by atoms with Crippen LogP contribution in [0.2, 0.25) is 0 Å². The van der Waals surface area contributed by atoms with Crippen molar-refractivity contribution in [3.8, 4) is 17.9 Å². The minimum absolute atomic E-state index is 0.0283. The molecule has 0 radical (unpaired) electrons. The number of hydrogen-bond donors (Lipinski definition) is 6. The Morgan fingerprint density at radius 1 is 0.762 bits per heavy atom. The van der Waals surface area contributed by atoms with E-state index < -0.39 is 47.4 Å². The molecule has 0 aliphatic carbocycles. The van der Waals surface area contributed by atoms with Gasteiger partial charge in [0.2, 0.25) is 23.6 Å². The zero-order valence-corrected chi connectivity index (χ0v) is 46.7. The SMILES string of the molecule is CC(=O)NCCCC[C@H](NC(=O)[C@H](CCCCNC(=O)c1ccc(N(C)C)c(C#N)c1)NC(=O)CCOCCOCCOCCNC(=O)COc1ccc2c(C(=O)NCC(=O)N3CCC[C@H]3C#N)ccnc2c1)C(=O)OC(C)(C)C. The van der Waals surface area contributed by atoms with E-state index in [2.05, 4.69) is 49.0 Å². The van der Waals surface area contributed by atoms with Crippen LogP contribution in [0.1, 0.15) is 112 Å². The van der Waals surface area contributed by atoms with Crippen LogP contribution in [0.5, 0.6) is 5.75 Å². The highest BCUT2D eigenvalue weighted by Gasteiger charge is 2.31. The van der Waals surface area contributed by atoms with Gasteiger partial charge in [0.05, 0.1) is 74.6 Å². The van der Waals surface area contributed by atoms with Gasteiger partial charge in [-0.1, -0.05) is 0 Å². The topological polar surface area (TPSA) is 322 Å². The molecule has 2 heterocycles. The molecule has 1 aliphatic rings. The summed E-state index contributed by atoms with van der Waals surface area (Å²) in [7, 11) is 3.61. The van der Waals surface area contributed by atoms with Gasteiger partial charge < -0.3 is 65.4 Å². The van der Waals surface area contributed by atoms with E-state index in [0.717, 1.165) is 6.42 Å². The highest BCUT2D eigenvalue weighted by molar-refractivity contribution is 6.07. The number of pyridine rings is 1. The van der Waals surface area contributed by atoms with Crippen LogP contribution >= 0.6 is 0 Å². The molecule has 6 N–H and O–H groups in total. The van der Waals surface area contributed by atoms with Crippen LogP contribution in [0.25, 0.3) is 10.9 Å². The summed E-state index contributed by atoms with van der Waals surface area (Å²) in [6, 6.07) is 13.0. The molecule has 24 heteroatoms. The summed E-state index contributed by atoms with van der Waals surface area (Å²) in [5.74, 6) is -3.03. The fraction of sp³-hybridized carbons (Fsp3) is 0.554. The predicted molar refractivity (Wildman–Crippen MR) is 294 cm³/mol. The largest absolute Gasteiger partial charge is 0.484 e. The van der Waals surface area contributed by atoms with E-state index in [1.54, 1.807) is 76.2 Å². The van der Waals surface area contributed by atoms with E-state index in [9.17, 15) is 48.9 Å². The first-order chi connectivity index (χ1) is 38.3. The van der Waals surface area contributed by atoms with Gasteiger partial charge in [-0.3, -0.25) is 38.5 Å². The number of likely N-dealkylation sites (tertiary alicyclic amines) is 1. The fourth-order valence-electron chi connectivity index (χ4n) is 8.24. The molecular formula is C56H77N11O13. The maximum absolute atomic E-state index is 13.8. The van der Waals surface area contributed by atoms with Gasteiger partial charge in [-0.05, 0) is 109 Å². The second kappa shape index (κ2) is 34.2. The molecule has 0 bridgehead atoms. The number of aromatic nitrogens is 1. The molecular weight excluding hydrogens is 1030 g/mol. The molecule has 1 saturated heterocycles. The number of nitrogens with zero attached hydrogens (tertiary/aromatic N) is 5. The van der Waals surface area contributed by atoms with Gasteiger partial charge in [0, 0.05) is 76.8 Å². The number of unbranched alkanes of at least 4 members (excludes halogenated alkanes) is 2. The van der Waals surface area contributed by atoms with Crippen LogP contribution in [0.15, 0.2) is 48.7 Å². The summed E-state index contributed by atoms with van der Waals surface area (Å²) in [5, 5.41) is 35.8. The summed E-state index contributed by atoms with van der Waals surface area (Å²) in [6.07, 6.45) is 5.06. The van der Waals surface area contributed by atoms with Crippen molar-refractivity contribution in [3.05, 3.63) is 65.4 Å². The van der Waals surface area contributed by atoms with Gasteiger partial charge >= 0.3 is 5.97 Å². The summed E-state index contributed by atoms with van der Waals surface area (Å²) in [6.45, 7) is 8.50. The second-order valence-corrected chi connectivity index (χ2v) is 20.0. The van der Waals surface area contributed by atoms with Gasteiger partial charge in [0.1, 0.15) is 35.5 Å². The smallest absolute Gasteiger partial charge is 0.329 e. The van der Waals surface area contributed by atoms with E-state index in [0.29, 0.717) is 84.2 Å². The maximum Gasteiger partial charge on any atom is 0.329 e. The third-order valence-electron chi connectivity index (χ3n) is 12.3. The molecule has 3 atom stereocenters. The van der Waals surface area contributed by atoms with E-state index in [-0.39, 0.29) is 109 Å². The molecule has 1 aromatic heterocycles. The molecule has 1 aliphatic heterocycles. The minimum atomic E-state index is -1.04. The number of anilines is 1. The maximum atomic E-state index is 13.8. The van der Waals surface area contributed by atoms with Crippen molar-refractivity contribution in [3.63, 3.8) is 0 Å². The van der Waals surface area contributed by atoms with Gasteiger partial charge in [-0.25, -0.2) is 4.79 Å². The Morgan fingerprint density at radius 3 is 2.12 bits per heavy atom. The fourth-order valence-corrected chi connectivity index (χ4v) is 8.24. The monoisotopic (exact) mass is 1110 g/mol. The first-order valence-corrected chi connectivity index (χ1v) is 26.9. The first kappa shape index (κ1) is 64.6. The van der Waals surface area contributed by atoms with Crippen molar-refractivity contribution in [2.75, 3.05) is 98.0 Å². The van der Waals surface area contributed by atoms with Crippen LogP contribution in [-0.4, -0.2) is 174 Å². The Hall–Kier alpha value is -7.93. The number of rotatable bonds is 34. The van der Waals surface area contributed by atoms with Crippen molar-refractivity contribution in [2.24, 2.45) is 0 Å². The zero-order chi connectivity index (χ0) is 58.5. The third kappa shape index (κ3) is 23.2. The minimum Gasteiger partial charge on any atom is -0.484 e. The van der Waals surface area contributed by atoms with Crippen LogP contribution in [-0.2, 0) is 47.7 Å². The molecule has 1 fully saturated rings. The number of carbonyl (C=O) groups excluding carboxylic acids is 8. The normalized spacial score (nSPS) is 13.7. The first-order valence-electron chi connectivity index (χ1n) is 26.9. The number of benzene rings is 2. The molecule has 0 spiro atoms. The number of carbonyl (C=O) groups is 8. The Kier molecular flexibility index (Phi) is 27.6. The van der Waals surface area contributed by atoms with Gasteiger partial charge in [-0.2, -0.15) is 10.5 Å². The number of hydrogen-bond acceptors (Lipinski definition) is 17. The van der Waals surface area contributed by atoms with Crippen molar-refractivity contribution < 1.29 is 62.0 Å². The Balaban J connectivity index is 1.13. The molecule has 4 rings (SSSR count). The Labute approximate surface area is 467 Å². The number of nitriles is 2. The summed E-state index contributed by atoms with van der Waals surface area (Å²) in [5.41, 5.74) is 1.30. The molecule has 7 amide bonds. The van der Waals surface area contributed by atoms with Crippen molar-refractivity contribution >= 4 is 63.9 Å². The average Bonchev–Trinajstić information content (AvgIpc) is 3.96. The number of ether oxygens (including phenoxy) is 5. The number of fused-ring (bicyclic) bond motifs is 1. The lowest BCUT2D eigenvalue weighted by molar-refractivity contribution is -0.159. The van der Waals surface area contributed by atoms with Gasteiger partial charge in [0.25, 0.3) is 17.7 Å². The van der Waals surface area contributed by atoms with Crippen LogP contribution in [0, 0.1) is 22.7 Å². The highest BCUT2D eigenvalue weighted by Crippen LogP contribution is 2.23. The van der Waals surface area contributed by atoms with E-state index in [1.807, 2.05) is 0 Å². The molecule has 24 nitrogen and oxygen atoms in total. The Morgan fingerprint density at radius 2 is 1.45 bits per heavy atom. The number of amides is 7. The molecule has 3 aromatic rings. The lowest BCUT2D eigenvalue weighted by atomic mass is 10.0. The van der Waals surface area contributed by atoms with Crippen molar-refractivity contribution in [1.29, 1.82) is 10.5 Å². The molecule has 434 valence electrons. The van der Waals surface area contributed by atoms with Gasteiger partial charge in [-0.15, -0.1) is 0 Å². The van der Waals surface area contributed by atoms with E-state index >= 15 is 0 Å². The molecule has 0 unspecified atom stereocenters. The second-order valence-electron chi connectivity index (χ2n) is 20.0. The zero-order valence-electron chi connectivity index (χ0n) is 46.7. The predicted octanol–water partition coefficient (Wildman–Crippen LogP) is 2.57. The lowest BCUT2D eigenvalue weighted by Crippen LogP contribution is -2.52. The van der Waals surface area contributed by atoms with Gasteiger partial charge in [0.15, 0.2) is 6.61 Å². The summed E-state index contributed by atoms with van der Waals surface area (Å²) >= 11 is 0. The lowest BCUT2D eigenvalue weighted by Gasteiger charge is -2.26. The van der Waals surface area contributed by atoms with E-state index in [4.69, 9.17) is 23.7 Å². The number of esters is 1. The number of nitrogens with one attached hydrogen (secondary N) is 6. The average molecular weight is 1110 g/mol. The van der Waals surface area contributed by atoms with Crippen LogP contribution < -0.4 is 41.5 Å².